The van der Waals surface area contributed by atoms with Crippen LogP contribution in [0.4, 0.5) is 13.2 Å². The molecule has 1 saturated heterocycles. The molecular weight excluding hydrogens is 323 g/mol. The van der Waals surface area contributed by atoms with Crippen molar-refractivity contribution in [2.24, 2.45) is 5.92 Å². The van der Waals surface area contributed by atoms with E-state index < -0.39 is 29.7 Å². The van der Waals surface area contributed by atoms with Crippen LogP contribution in [0.25, 0.3) is 0 Å². The first-order valence-corrected chi connectivity index (χ1v) is 7.89. The lowest BCUT2D eigenvalue weighted by atomic mass is 9.89. The number of hydrogen-bond acceptors (Lipinski definition) is 3. The molecule has 0 aliphatic carbocycles. The van der Waals surface area contributed by atoms with Crippen molar-refractivity contribution in [1.82, 2.24) is 4.90 Å². The van der Waals surface area contributed by atoms with Gasteiger partial charge in [0.2, 0.25) is 0 Å². The molecule has 1 aromatic carbocycles. The van der Waals surface area contributed by atoms with E-state index >= 15 is 0 Å². The fraction of sp³-hybridized carbons (Fsp3) is 0.529. The molecule has 0 radical (unpaired) electrons. The van der Waals surface area contributed by atoms with Gasteiger partial charge in [0.15, 0.2) is 0 Å². The molecule has 2 unspecified atom stereocenters. The van der Waals surface area contributed by atoms with Crippen LogP contribution in [0.5, 0.6) is 0 Å². The highest BCUT2D eigenvalue weighted by Gasteiger charge is 2.36. The summed E-state index contributed by atoms with van der Waals surface area (Å²) < 4.78 is 43.5. The van der Waals surface area contributed by atoms with Crippen LogP contribution in [-0.4, -0.2) is 29.9 Å². The van der Waals surface area contributed by atoms with Gasteiger partial charge in [0.05, 0.1) is 18.2 Å². The van der Waals surface area contributed by atoms with Crippen LogP contribution in [0.2, 0.25) is 0 Å². The van der Waals surface area contributed by atoms with Gasteiger partial charge in [-0.15, -0.1) is 0 Å². The standard InChI is InChI=1S/C17H20F3NO3/c1-3-24-16(23)15(22)21-10-11(2)7-8-14(21)12-5-4-6-13(9-12)17(18,19)20/h4-6,9,11,14H,3,7-8,10H2,1-2H3. The highest BCUT2D eigenvalue weighted by molar-refractivity contribution is 6.32. The van der Waals surface area contributed by atoms with Crippen LogP contribution >= 0.6 is 0 Å². The monoisotopic (exact) mass is 343 g/mol. The average Bonchev–Trinajstić information content (AvgIpc) is 2.53. The number of benzene rings is 1. The highest BCUT2D eigenvalue weighted by atomic mass is 19.4. The third-order valence-electron chi connectivity index (χ3n) is 4.13. The molecule has 24 heavy (non-hydrogen) atoms. The number of alkyl halides is 3. The summed E-state index contributed by atoms with van der Waals surface area (Å²) in [6.07, 6.45) is -3.17. The SMILES string of the molecule is CCOC(=O)C(=O)N1CC(C)CCC1c1cccc(C(F)(F)F)c1. The summed E-state index contributed by atoms with van der Waals surface area (Å²) in [5, 5.41) is 0. The molecule has 1 aromatic rings. The van der Waals surface area contributed by atoms with Crippen LogP contribution < -0.4 is 0 Å². The van der Waals surface area contributed by atoms with Crippen molar-refractivity contribution in [2.75, 3.05) is 13.2 Å². The zero-order chi connectivity index (χ0) is 17.9. The number of carbonyl (C=O) groups is 2. The van der Waals surface area contributed by atoms with Gasteiger partial charge in [-0.1, -0.05) is 19.1 Å². The number of halogens is 3. The van der Waals surface area contributed by atoms with E-state index in [0.29, 0.717) is 18.5 Å². The lowest BCUT2D eigenvalue weighted by Gasteiger charge is -2.38. The number of piperidine rings is 1. The molecule has 132 valence electrons. The molecule has 0 N–H and O–H groups in total. The topological polar surface area (TPSA) is 46.6 Å². The van der Waals surface area contributed by atoms with Crippen LogP contribution in [0.15, 0.2) is 24.3 Å². The molecule has 1 aliphatic rings. The first-order valence-electron chi connectivity index (χ1n) is 7.89. The van der Waals surface area contributed by atoms with E-state index in [1.54, 1.807) is 13.0 Å². The number of rotatable bonds is 2. The quantitative estimate of drug-likeness (QED) is 0.609. The Morgan fingerprint density at radius 3 is 2.62 bits per heavy atom. The Hall–Kier alpha value is -2.05. The van der Waals surface area contributed by atoms with Crippen molar-refractivity contribution in [3.63, 3.8) is 0 Å². The van der Waals surface area contributed by atoms with Crippen molar-refractivity contribution >= 4 is 11.9 Å². The first-order chi connectivity index (χ1) is 11.2. The Labute approximate surface area is 138 Å². The van der Waals surface area contributed by atoms with Gasteiger partial charge in [0.25, 0.3) is 0 Å². The second-order valence-electron chi connectivity index (χ2n) is 6.00. The van der Waals surface area contributed by atoms with E-state index in [-0.39, 0.29) is 12.5 Å². The molecule has 0 bridgehead atoms. The maximum Gasteiger partial charge on any atom is 0.416 e. The van der Waals surface area contributed by atoms with Gasteiger partial charge < -0.3 is 9.64 Å². The summed E-state index contributed by atoms with van der Waals surface area (Å²) in [5.41, 5.74) is -0.378. The lowest BCUT2D eigenvalue weighted by Crippen LogP contribution is -2.45. The van der Waals surface area contributed by atoms with Gasteiger partial charge in [-0.2, -0.15) is 13.2 Å². The first kappa shape index (κ1) is 18.3. The number of esters is 1. The van der Waals surface area contributed by atoms with Crippen molar-refractivity contribution in [2.45, 2.75) is 38.9 Å². The average molecular weight is 343 g/mol. The zero-order valence-corrected chi connectivity index (χ0v) is 13.6. The Bertz CT molecular complexity index is 615. The predicted octanol–water partition coefficient (Wildman–Crippen LogP) is 3.57. The van der Waals surface area contributed by atoms with Crippen molar-refractivity contribution in [3.8, 4) is 0 Å². The van der Waals surface area contributed by atoms with Crippen LogP contribution in [0.3, 0.4) is 0 Å². The molecule has 1 aliphatic heterocycles. The Kier molecular flexibility index (Phi) is 5.51. The molecule has 1 amide bonds. The fourth-order valence-corrected chi connectivity index (χ4v) is 2.96. The van der Waals surface area contributed by atoms with Crippen molar-refractivity contribution < 1.29 is 27.5 Å². The molecule has 7 heteroatoms. The Morgan fingerprint density at radius 1 is 1.29 bits per heavy atom. The van der Waals surface area contributed by atoms with E-state index in [4.69, 9.17) is 4.74 Å². The number of amides is 1. The minimum absolute atomic E-state index is 0.0716. The maximum absolute atomic E-state index is 12.9. The predicted molar refractivity (Wildman–Crippen MR) is 80.9 cm³/mol. The van der Waals surface area contributed by atoms with Gasteiger partial charge in [0.1, 0.15) is 0 Å². The second kappa shape index (κ2) is 7.23. The molecule has 4 nitrogen and oxygen atoms in total. The fourth-order valence-electron chi connectivity index (χ4n) is 2.96. The summed E-state index contributed by atoms with van der Waals surface area (Å²) in [6, 6.07) is 4.36. The van der Waals surface area contributed by atoms with Gasteiger partial charge >= 0.3 is 18.1 Å². The molecule has 0 aromatic heterocycles. The van der Waals surface area contributed by atoms with E-state index in [1.807, 2.05) is 6.92 Å². The number of carbonyl (C=O) groups excluding carboxylic acids is 2. The molecule has 0 spiro atoms. The largest absolute Gasteiger partial charge is 0.459 e. The molecule has 2 atom stereocenters. The summed E-state index contributed by atoms with van der Waals surface area (Å²) in [7, 11) is 0. The van der Waals surface area contributed by atoms with Gasteiger partial charge in [-0.25, -0.2) is 4.79 Å². The second-order valence-corrected chi connectivity index (χ2v) is 6.00. The van der Waals surface area contributed by atoms with Crippen LogP contribution in [0, 0.1) is 5.92 Å². The summed E-state index contributed by atoms with van der Waals surface area (Å²) in [5.74, 6) is -1.60. The van der Waals surface area contributed by atoms with Crippen LogP contribution in [-0.2, 0) is 20.5 Å². The molecule has 0 saturated carbocycles. The van der Waals surface area contributed by atoms with E-state index in [9.17, 15) is 22.8 Å². The van der Waals surface area contributed by atoms with E-state index in [1.165, 1.54) is 11.0 Å². The normalized spacial score (nSPS) is 21.5. The molecular formula is C17H20F3NO3. The maximum atomic E-state index is 12.9. The zero-order valence-electron chi connectivity index (χ0n) is 13.6. The van der Waals surface area contributed by atoms with Crippen molar-refractivity contribution in [3.05, 3.63) is 35.4 Å². The van der Waals surface area contributed by atoms with Crippen molar-refractivity contribution in [1.29, 1.82) is 0 Å². The molecule has 2 rings (SSSR count). The van der Waals surface area contributed by atoms with E-state index in [0.717, 1.165) is 18.6 Å². The lowest BCUT2D eigenvalue weighted by molar-refractivity contribution is -0.162. The van der Waals surface area contributed by atoms with Gasteiger partial charge in [0, 0.05) is 6.54 Å². The van der Waals surface area contributed by atoms with E-state index in [2.05, 4.69) is 0 Å². The number of likely N-dealkylation sites (tertiary alicyclic amines) is 1. The van der Waals surface area contributed by atoms with Gasteiger partial charge in [-0.05, 0) is 43.4 Å². The Balaban J connectivity index is 2.32. The highest BCUT2D eigenvalue weighted by Crippen LogP contribution is 2.36. The Morgan fingerprint density at radius 2 is 2.00 bits per heavy atom. The van der Waals surface area contributed by atoms with Crippen LogP contribution in [0.1, 0.15) is 43.9 Å². The number of ether oxygens (including phenoxy) is 1. The minimum atomic E-state index is -4.45. The number of hydrogen-bond donors (Lipinski definition) is 0. The summed E-state index contributed by atoms with van der Waals surface area (Å²) in [6.45, 7) is 3.92. The summed E-state index contributed by atoms with van der Waals surface area (Å²) >= 11 is 0. The summed E-state index contributed by atoms with van der Waals surface area (Å²) in [4.78, 5) is 25.4. The minimum Gasteiger partial charge on any atom is -0.459 e. The smallest absolute Gasteiger partial charge is 0.416 e. The molecule has 1 fully saturated rings. The third-order valence-corrected chi connectivity index (χ3v) is 4.13. The number of nitrogens with zero attached hydrogens (tertiary/aromatic N) is 1. The van der Waals surface area contributed by atoms with Gasteiger partial charge in [-0.3, -0.25) is 4.79 Å². The molecule has 1 heterocycles. The third kappa shape index (κ3) is 4.07.